The number of nitrogens with zero attached hydrogens (tertiary/aromatic N) is 1. The third kappa shape index (κ3) is 1.47. The standard InChI is InChI=1S/C9HF5NS/c10-5-4(3-1-16-2-15-3)6(11)8(13)9(14)7(5)12/h1H. The first kappa shape index (κ1) is 11.0. The lowest BCUT2D eigenvalue weighted by atomic mass is 10.1. The van der Waals surface area contributed by atoms with E-state index in [2.05, 4.69) is 10.5 Å². The fourth-order valence-corrected chi connectivity index (χ4v) is 1.61. The molecule has 1 radical (unpaired) electrons. The van der Waals surface area contributed by atoms with E-state index in [9.17, 15) is 22.0 Å². The van der Waals surface area contributed by atoms with Gasteiger partial charge in [0.1, 0.15) is 0 Å². The molecule has 0 aliphatic heterocycles. The van der Waals surface area contributed by atoms with Crippen LogP contribution in [0.5, 0.6) is 0 Å². The Hall–Kier alpha value is -1.50. The lowest BCUT2D eigenvalue weighted by Crippen LogP contribution is -2.04. The van der Waals surface area contributed by atoms with Gasteiger partial charge in [-0.15, -0.1) is 11.3 Å². The van der Waals surface area contributed by atoms with Gasteiger partial charge in [-0.25, -0.2) is 26.9 Å². The molecule has 7 heteroatoms. The number of aromatic nitrogens is 1. The maximum atomic E-state index is 13.2. The van der Waals surface area contributed by atoms with Crippen LogP contribution in [-0.4, -0.2) is 4.98 Å². The van der Waals surface area contributed by atoms with Gasteiger partial charge in [0.25, 0.3) is 0 Å². The first-order chi connectivity index (χ1) is 7.54. The molecule has 0 bridgehead atoms. The van der Waals surface area contributed by atoms with Crippen LogP contribution >= 0.6 is 11.3 Å². The molecule has 0 N–H and O–H groups in total. The maximum Gasteiger partial charge on any atom is 0.200 e. The molecule has 0 unspecified atom stereocenters. The van der Waals surface area contributed by atoms with Crippen LogP contribution in [0.25, 0.3) is 11.3 Å². The summed E-state index contributed by atoms with van der Waals surface area (Å²) in [5.74, 6) is -9.94. The van der Waals surface area contributed by atoms with Crippen LogP contribution in [0.15, 0.2) is 5.38 Å². The average Bonchev–Trinajstić information content (AvgIpc) is 2.77. The number of benzene rings is 1. The molecule has 0 aliphatic rings. The Labute approximate surface area is 90.2 Å². The summed E-state index contributed by atoms with van der Waals surface area (Å²) in [6.45, 7) is 0. The highest BCUT2D eigenvalue weighted by Gasteiger charge is 2.27. The Bertz CT molecular complexity index is 508. The molecule has 0 saturated carbocycles. The summed E-state index contributed by atoms with van der Waals surface area (Å²) < 4.78 is 64.7. The Kier molecular flexibility index (Phi) is 2.63. The fraction of sp³-hybridized carbons (Fsp3) is 0. The van der Waals surface area contributed by atoms with E-state index in [0.29, 0.717) is 0 Å². The second-order valence-corrected chi connectivity index (χ2v) is 3.42. The SMILES string of the molecule is Fc1c(F)c(F)c(-c2cs[c]n2)c(F)c1F. The molecule has 2 aromatic rings. The molecule has 1 aromatic heterocycles. The second-order valence-electron chi connectivity index (χ2n) is 2.77. The molecule has 83 valence electrons. The lowest BCUT2D eigenvalue weighted by Gasteiger charge is -2.05. The Morgan fingerprint density at radius 1 is 0.875 bits per heavy atom. The van der Waals surface area contributed by atoms with Crippen molar-refractivity contribution in [2.24, 2.45) is 0 Å². The number of hydrogen-bond acceptors (Lipinski definition) is 2. The van der Waals surface area contributed by atoms with Crippen LogP contribution in [0, 0.1) is 34.6 Å². The summed E-state index contributed by atoms with van der Waals surface area (Å²) in [7, 11) is 0. The van der Waals surface area contributed by atoms with E-state index in [1.165, 1.54) is 0 Å². The van der Waals surface area contributed by atoms with Crippen molar-refractivity contribution < 1.29 is 22.0 Å². The highest BCUT2D eigenvalue weighted by Crippen LogP contribution is 2.30. The second kappa shape index (κ2) is 3.82. The highest BCUT2D eigenvalue weighted by atomic mass is 32.1. The van der Waals surface area contributed by atoms with E-state index in [-0.39, 0.29) is 5.69 Å². The van der Waals surface area contributed by atoms with E-state index in [1.54, 1.807) is 0 Å². The van der Waals surface area contributed by atoms with Crippen molar-refractivity contribution in [1.29, 1.82) is 0 Å². The van der Waals surface area contributed by atoms with Crippen molar-refractivity contribution in [3.8, 4) is 11.3 Å². The van der Waals surface area contributed by atoms with Gasteiger partial charge < -0.3 is 0 Å². The molecule has 0 amide bonds. The Balaban J connectivity index is 2.81. The predicted octanol–water partition coefficient (Wildman–Crippen LogP) is 3.31. The summed E-state index contributed by atoms with van der Waals surface area (Å²) in [6, 6.07) is 0. The van der Waals surface area contributed by atoms with Gasteiger partial charge in [0.05, 0.1) is 11.3 Å². The van der Waals surface area contributed by atoms with E-state index in [4.69, 9.17) is 0 Å². The molecule has 0 aliphatic carbocycles. The summed E-state index contributed by atoms with van der Waals surface area (Å²) in [6.07, 6.45) is 0. The minimum atomic E-state index is -2.18. The van der Waals surface area contributed by atoms with Crippen LogP contribution in [0.2, 0.25) is 0 Å². The highest BCUT2D eigenvalue weighted by molar-refractivity contribution is 7.07. The monoisotopic (exact) mass is 250 g/mol. The van der Waals surface area contributed by atoms with Crippen LogP contribution in [0.4, 0.5) is 22.0 Å². The van der Waals surface area contributed by atoms with Crippen molar-refractivity contribution >= 4 is 11.3 Å². The van der Waals surface area contributed by atoms with Crippen molar-refractivity contribution in [3.05, 3.63) is 40.0 Å². The van der Waals surface area contributed by atoms with E-state index >= 15 is 0 Å². The zero-order valence-corrected chi connectivity index (χ0v) is 8.14. The molecule has 0 atom stereocenters. The lowest BCUT2D eigenvalue weighted by molar-refractivity contribution is 0.381. The van der Waals surface area contributed by atoms with Gasteiger partial charge in [-0.2, -0.15) is 0 Å². The summed E-state index contributed by atoms with van der Waals surface area (Å²) in [4.78, 5) is 3.38. The Morgan fingerprint density at radius 3 is 1.81 bits per heavy atom. The quantitative estimate of drug-likeness (QED) is 0.430. The molecule has 1 heterocycles. The first-order valence-electron chi connectivity index (χ1n) is 3.87. The van der Waals surface area contributed by atoms with Crippen LogP contribution in [0.1, 0.15) is 0 Å². The summed E-state index contributed by atoms with van der Waals surface area (Å²) in [5, 5.41) is 1.14. The molecule has 0 fully saturated rings. The molecular formula is C9HF5NS. The van der Waals surface area contributed by atoms with E-state index < -0.39 is 34.6 Å². The Morgan fingerprint density at radius 2 is 1.38 bits per heavy atom. The number of hydrogen-bond donors (Lipinski definition) is 0. The maximum absolute atomic E-state index is 13.2. The topological polar surface area (TPSA) is 12.9 Å². The molecule has 0 spiro atoms. The number of thiazole rings is 1. The zero-order chi connectivity index (χ0) is 11.9. The van der Waals surface area contributed by atoms with E-state index in [0.717, 1.165) is 16.7 Å². The molecule has 2 rings (SSSR count). The molecule has 1 aromatic carbocycles. The van der Waals surface area contributed by atoms with E-state index in [1.807, 2.05) is 0 Å². The predicted molar refractivity (Wildman–Crippen MR) is 46.2 cm³/mol. The van der Waals surface area contributed by atoms with Crippen molar-refractivity contribution in [2.45, 2.75) is 0 Å². The normalized spacial score (nSPS) is 10.8. The summed E-state index contributed by atoms with van der Waals surface area (Å²) in [5.41, 5.74) is 0.887. The smallest absolute Gasteiger partial charge is 0.200 e. The van der Waals surface area contributed by atoms with Gasteiger partial charge in [-0.3, -0.25) is 0 Å². The van der Waals surface area contributed by atoms with Crippen molar-refractivity contribution in [2.75, 3.05) is 0 Å². The summed E-state index contributed by atoms with van der Waals surface area (Å²) >= 11 is 0.860. The zero-order valence-electron chi connectivity index (χ0n) is 7.32. The van der Waals surface area contributed by atoms with Gasteiger partial charge in [0.2, 0.25) is 5.82 Å². The minimum Gasteiger partial charge on any atom is -0.233 e. The van der Waals surface area contributed by atoms with Gasteiger partial charge in [-0.1, -0.05) is 0 Å². The molecule has 0 saturated heterocycles. The fourth-order valence-electron chi connectivity index (χ4n) is 1.13. The molecule has 1 nitrogen and oxygen atoms in total. The number of rotatable bonds is 1. The van der Waals surface area contributed by atoms with Gasteiger partial charge in [0.15, 0.2) is 28.8 Å². The van der Waals surface area contributed by atoms with Gasteiger partial charge in [0, 0.05) is 5.38 Å². The van der Waals surface area contributed by atoms with Crippen LogP contribution in [-0.2, 0) is 0 Å². The van der Waals surface area contributed by atoms with Crippen LogP contribution in [0.3, 0.4) is 0 Å². The molecular weight excluding hydrogens is 249 g/mol. The molecule has 16 heavy (non-hydrogen) atoms. The third-order valence-corrected chi connectivity index (χ3v) is 2.39. The van der Waals surface area contributed by atoms with Gasteiger partial charge >= 0.3 is 0 Å². The van der Waals surface area contributed by atoms with Crippen molar-refractivity contribution in [3.63, 3.8) is 0 Å². The van der Waals surface area contributed by atoms with Crippen LogP contribution < -0.4 is 0 Å². The van der Waals surface area contributed by atoms with Crippen molar-refractivity contribution in [1.82, 2.24) is 4.98 Å². The minimum absolute atomic E-state index is 0.335. The van der Waals surface area contributed by atoms with Gasteiger partial charge in [-0.05, 0) is 0 Å². The number of halogens is 5. The third-order valence-electron chi connectivity index (χ3n) is 1.86. The largest absolute Gasteiger partial charge is 0.233 e. The first-order valence-corrected chi connectivity index (χ1v) is 4.75. The average molecular weight is 250 g/mol.